The van der Waals surface area contributed by atoms with Crippen molar-refractivity contribution in [3.05, 3.63) is 67.1 Å². The van der Waals surface area contributed by atoms with Crippen molar-refractivity contribution in [1.29, 1.82) is 0 Å². The summed E-state index contributed by atoms with van der Waals surface area (Å²) in [6, 6.07) is 9.02. The lowest BCUT2D eigenvalue weighted by atomic mass is 10.1. The summed E-state index contributed by atoms with van der Waals surface area (Å²) in [5, 5.41) is 7.97. The van der Waals surface area contributed by atoms with Crippen LogP contribution in [0.3, 0.4) is 0 Å². The zero-order valence-corrected chi connectivity index (χ0v) is 20.7. The van der Waals surface area contributed by atoms with E-state index in [1.165, 1.54) is 15.9 Å². The molecular formula is C24H27ClN4O5S. The van der Waals surface area contributed by atoms with Gasteiger partial charge in [0.25, 0.3) is 5.56 Å². The van der Waals surface area contributed by atoms with Crippen LogP contribution in [0.5, 0.6) is 0 Å². The molecule has 11 heteroatoms. The predicted molar refractivity (Wildman–Crippen MR) is 135 cm³/mol. The van der Waals surface area contributed by atoms with Crippen molar-refractivity contribution in [1.82, 2.24) is 19.8 Å². The Hall–Kier alpha value is -2.95. The zero-order chi connectivity index (χ0) is 24.8. The monoisotopic (exact) mass is 518 g/mol. The molecule has 3 heterocycles. The number of ether oxygens (including phenoxy) is 1. The summed E-state index contributed by atoms with van der Waals surface area (Å²) in [5.74, 6) is -0.599. The normalized spacial score (nSPS) is 15.4. The van der Waals surface area contributed by atoms with Crippen LogP contribution in [-0.4, -0.2) is 46.7 Å². The zero-order valence-electron chi connectivity index (χ0n) is 19.1. The number of amides is 2. The molecule has 1 saturated heterocycles. The average Bonchev–Trinajstić information content (AvgIpc) is 3.54. The van der Waals surface area contributed by atoms with Gasteiger partial charge >= 0.3 is 5.69 Å². The van der Waals surface area contributed by atoms with Crippen molar-refractivity contribution >= 4 is 45.0 Å². The molecule has 1 unspecified atom stereocenters. The molecule has 3 aromatic rings. The molecule has 2 N–H and O–H groups in total. The molecule has 1 atom stereocenters. The summed E-state index contributed by atoms with van der Waals surface area (Å²) < 4.78 is 8.21. The maximum absolute atomic E-state index is 13.1. The fourth-order valence-electron chi connectivity index (χ4n) is 4.01. The van der Waals surface area contributed by atoms with Crippen LogP contribution in [0.4, 0.5) is 0 Å². The molecule has 2 amide bonds. The fourth-order valence-corrected chi connectivity index (χ4v) is 4.98. The SMILES string of the molecule is O=C(CCn1c(=O)c2sccc2n(CC(=O)NCC2CCCO2)c1=O)NCCc1ccc(Cl)cc1. The Morgan fingerprint density at radius 1 is 1.09 bits per heavy atom. The van der Waals surface area contributed by atoms with E-state index < -0.39 is 11.2 Å². The summed E-state index contributed by atoms with van der Waals surface area (Å²) in [7, 11) is 0. The van der Waals surface area contributed by atoms with Crippen LogP contribution in [0.15, 0.2) is 45.3 Å². The number of aromatic nitrogens is 2. The van der Waals surface area contributed by atoms with E-state index in [1.807, 2.05) is 12.1 Å². The Labute approximate surface area is 210 Å². The maximum Gasteiger partial charge on any atom is 0.332 e. The molecule has 0 bridgehead atoms. The molecule has 4 rings (SSSR count). The first-order valence-corrected chi connectivity index (χ1v) is 12.8. The molecule has 1 fully saturated rings. The summed E-state index contributed by atoms with van der Waals surface area (Å²) in [6.07, 6.45) is 2.45. The van der Waals surface area contributed by atoms with Gasteiger partial charge in [0.15, 0.2) is 0 Å². The fraction of sp³-hybridized carbons (Fsp3) is 0.417. The Morgan fingerprint density at radius 2 is 1.89 bits per heavy atom. The highest BCUT2D eigenvalue weighted by Gasteiger charge is 2.19. The molecule has 0 aliphatic carbocycles. The first-order valence-electron chi connectivity index (χ1n) is 11.5. The van der Waals surface area contributed by atoms with Gasteiger partial charge in [0.2, 0.25) is 11.8 Å². The molecular weight excluding hydrogens is 492 g/mol. The van der Waals surface area contributed by atoms with Crippen LogP contribution < -0.4 is 21.9 Å². The minimum atomic E-state index is -0.609. The third kappa shape index (κ3) is 6.39. The lowest BCUT2D eigenvalue weighted by Crippen LogP contribution is -2.43. The number of thiophene rings is 1. The number of nitrogens with one attached hydrogen (secondary N) is 2. The van der Waals surface area contributed by atoms with E-state index in [0.717, 1.165) is 23.0 Å². The van der Waals surface area contributed by atoms with Crippen LogP contribution in [-0.2, 0) is 33.8 Å². The first-order chi connectivity index (χ1) is 16.9. The van der Waals surface area contributed by atoms with Crippen molar-refractivity contribution in [3.63, 3.8) is 0 Å². The number of carbonyl (C=O) groups is 2. The molecule has 0 radical (unpaired) electrons. The highest BCUT2D eigenvalue weighted by atomic mass is 35.5. The van der Waals surface area contributed by atoms with Gasteiger partial charge in [-0.05, 0) is 48.4 Å². The second kappa shape index (κ2) is 11.7. The van der Waals surface area contributed by atoms with Gasteiger partial charge in [-0.2, -0.15) is 0 Å². The molecule has 9 nitrogen and oxygen atoms in total. The van der Waals surface area contributed by atoms with Crippen molar-refractivity contribution in [2.75, 3.05) is 19.7 Å². The standard InChI is InChI=1S/C24H27ClN4O5S/c25-17-5-3-16(4-6-17)7-10-26-20(30)8-11-28-23(32)22-19(9-13-35-22)29(24(28)33)15-21(31)27-14-18-2-1-12-34-18/h3-6,9,13,18H,1-2,7-8,10-12,14-15H2,(H,26,30)(H,27,31). The van der Waals surface area contributed by atoms with Gasteiger partial charge in [0.05, 0.1) is 11.6 Å². The van der Waals surface area contributed by atoms with E-state index in [2.05, 4.69) is 10.6 Å². The molecule has 186 valence electrons. The molecule has 0 spiro atoms. The number of benzene rings is 1. The van der Waals surface area contributed by atoms with E-state index in [-0.39, 0.29) is 37.4 Å². The number of carbonyl (C=O) groups excluding carboxylic acids is 2. The van der Waals surface area contributed by atoms with E-state index in [0.29, 0.717) is 41.4 Å². The number of hydrogen-bond acceptors (Lipinski definition) is 6. The van der Waals surface area contributed by atoms with Gasteiger partial charge in [-0.3, -0.25) is 23.5 Å². The largest absolute Gasteiger partial charge is 0.376 e. The minimum Gasteiger partial charge on any atom is -0.376 e. The molecule has 1 aliphatic rings. The van der Waals surface area contributed by atoms with Crippen LogP contribution in [0.2, 0.25) is 5.02 Å². The summed E-state index contributed by atoms with van der Waals surface area (Å²) >= 11 is 7.08. The highest BCUT2D eigenvalue weighted by molar-refractivity contribution is 7.17. The van der Waals surface area contributed by atoms with Crippen molar-refractivity contribution < 1.29 is 14.3 Å². The topological polar surface area (TPSA) is 111 Å². The van der Waals surface area contributed by atoms with Gasteiger partial charge in [-0.15, -0.1) is 11.3 Å². The van der Waals surface area contributed by atoms with E-state index in [9.17, 15) is 19.2 Å². The number of hydrogen-bond donors (Lipinski definition) is 2. The Morgan fingerprint density at radius 3 is 2.63 bits per heavy atom. The number of halogens is 1. The van der Waals surface area contributed by atoms with Crippen LogP contribution >= 0.6 is 22.9 Å². The van der Waals surface area contributed by atoms with Gasteiger partial charge in [-0.25, -0.2) is 4.79 Å². The van der Waals surface area contributed by atoms with Crippen LogP contribution in [0, 0.1) is 0 Å². The van der Waals surface area contributed by atoms with E-state index >= 15 is 0 Å². The predicted octanol–water partition coefficient (Wildman–Crippen LogP) is 1.92. The molecule has 35 heavy (non-hydrogen) atoms. The summed E-state index contributed by atoms with van der Waals surface area (Å²) in [4.78, 5) is 50.9. The molecule has 2 aromatic heterocycles. The maximum atomic E-state index is 13.1. The van der Waals surface area contributed by atoms with Crippen LogP contribution in [0.1, 0.15) is 24.8 Å². The minimum absolute atomic E-state index is 0.0102. The van der Waals surface area contributed by atoms with Gasteiger partial charge in [-0.1, -0.05) is 23.7 Å². The lowest BCUT2D eigenvalue weighted by molar-refractivity contribution is -0.122. The van der Waals surface area contributed by atoms with E-state index in [4.69, 9.17) is 16.3 Å². The molecule has 1 aliphatic heterocycles. The Balaban J connectivity index is 1.39. The quantitative estimate of drug-likeness (QED) is 0.426. The highest BCUT2D eigenvalue weighted by Crippen LogP contribution is 2.15. The summed E-state index contributed by atoms with van der Waals surface area (Å²) in [6.45, 7) is 1.21. The number of nitrogens with zero attached hydrogens (tertiary/aromatic N) is 2. The lowest BCUT2D eigenvalue weighted by Gasteiger charge is -2.14. The number of rotatable bonds is 10. The van der Waals surface area contributed by atoms with Gasteiger partial charge in [0, 0.05) is 37.7 Å². The van der Waals surface area contributed by atoms with Crippen molar-refractivity contribution in [2.45, 2.75) is 44.9 Å². The molecule has 0 saturated carbocycles. The molecule has 1 aromatic carbocycles. The van der Waals surface area contributed by atoms with Gasteiger partial charge < -0.3 is 15.4 Å². The first kappa shape index (κ1) is 25.2. The Kier molecular flexibility index (Phi) is 8.37. The smallest absolute Gasteiger partial charge is 0.332 e. The second-order valence-electron chi connectivity index (χ2n) is 8.38. The van der Waals surface area contributed by atoms with Crippen molar-refractivity contribution in [2.24, 2.45) is 0 Å². The van der Waals surface area contributed by atoms with E-state index in [1.54, 1.807) is 23.6 Å². The summed E-state index contributed by atoms with van der Waals surface area (Å²) in [5.41, 5.74) is 0.391. The van der Waals surface area contributed by atoms with Gasteiger partial charge in [0.1, 0.15) is 11.2 Å². The number of fused-ring (bicyclic) bond motifs is 1. The Bertz CT molecular complexity index is 1310. The third-order valence-corrected chi connectivity index (χ3v) is 7.04. The van der Waals surface area contributed by atoms with Crippen LogP contribution in [0.25, 0.3) is 10.2 Å². The third-order valence-electron chi connectivity index (χ3n) is 5.90. The average molecular weight is 519 g/mol. The van der Waals surface area contributed by atoms with Crippen molar-refractivity contribution in [3.8, 4) is 0 Å². The second-order valence-corrected chi connectivity index (χ2v) is 9.73.